The lowest BCUT2D eigenvalue weighted by Gasteiger charge is -2.15. The lowest BCUT2D eigenvalue weighted by Crippen LogP contribution is -2.16. The number of para-hydroxylation sites is 1. The minimum Gasteiger partial charge on any atom is -0.492 e. The molecule has 0 fully saturated rings. The van der Waals surface area contributed by atoms with E-state index in [9.17, 15) is 13.2 Å². The van der Waals surface area contributed by atoms with Crippen LogP contribution in [0.15, 0.2) is 112 Å². The molecule has 0 heterocycles. The second-order valence-corrected chi connectivity index (χ2v) is 10.8. The Morgan fingerprint density at radius 1 is 0.889 bits per heavy atom. The summed E-state index contributed by atoms with van der Waals surface area (Å²) in [6.45, 7) is 2.15. The number of carbonyl (C=O) groups excluding carboxylic acids is 1. The molecule has 4 rings (SSSR count). The van der Waals surface area contributed by atoms with Gasteiger partial charge in [-0.3, -0.25) is 9.52 Å². The summed E-state index contributed by atoms with van der Waals surface area (Å²) in [5.41, 5.74) is 1.07. The van der Waals surface area contributed by atoms with Gasteiger partial charge in [0, 0.05) is 20.4 Å². The van der Waals surface area contributed by atoms with E-state index in [1.807, 2.05) is 42.5 Å². The van der Waals surface area contributed by atoms with E-state index in [-0.39, 0.29) is 10.6 Å². The lowest BCUT2D eigenvalue weighted by molar-refractivity contribution is 0.102. The number of halogens is 1. The van der Waals surface area contributed by atoms with E-state index in [0.29, 0.717) is 28.6 Å². The molecule has 0 aliphatic carbocycles. The van der Waals surface area contributed by atoms with Gasteiger partial charge < -0.3 is 10.1 Å². The van der Waals surface area contributed by atoms with Crippen molar-refractivity contribution in [1.82, 2.24) is 0 Å². The lowest BCUT2D eigenvalue weighted by atomic mass is 10.2. The zero-order valence-electron chi connectivity index (χ0n) is 19.3. The van der Waals surface area contributed by atoms with Crippen LogP contribution in [0.1, 0.15) is 17.3 Å². The fourth-order valence-corrected chi connectivity index (χ4v) is 5.53. The van der Waals surface area contributed by atoms with Gasteiger partial charge in [-0.05, 0) is 73.7 Å². The number of hydrogen-bond donors (Lipinski definition) is 2. The van der Waals surface area contributed by atoms with Crippen LogP contribution in [0.4, 0.5) is 11.4 Å². The molecule has 0 saturated heterocycles. The summed E-state index contributed by atoms with van der Waals surface area (Å²) in [5, 5.41) is 3.25. The van der Waals surface area contributed by atoms with Crippen molar-refractivity contribution in [3.63, 3.8) is 0 Å². The smallest absolute Gasteiger partial charge is 0.262 e. The summed E-state index contributed by atoms with van der Waals surface area (Å²) in [7, 11) is -3.98. The molecule has 0 aliphatic rings. The average Bonchev–Trinajstić information content (AvgIpc) is 2.87. The van der Waals surface area contributed by atoms with E-state index in [4.69, 9.17) is 16.3 Å². The summed E-state index contributed by atoms with van der Waals surface area (Å²) in [5.74, 6) is -0.0569. The van der Waals surface area contributed by atoms with Gasteiger partial charge >= 0.3 is 0 Å². The van der Waals surface area contributed by atoms with Crippen LogP contribution in [0.3, 0.4) is 0 Å². The third-order valence-electron chi connectivity index (χ3n) is 5.02. The number of anilines is 2. The minimum absolute atomic E-state index is 0.0168. The third-order valence-corrected chi connectivity index (χ3v) is 7.72. The van der Waals surface area contributed by atoms with Gasteiger partial charge in [0.15, 0.2) is 0 Å². The molecular formula is C27H23ClN2O4S2. The SMILES string of the molecule is CCOc1ccc(S(=O)(=O)Nc2ccccc2Sc2ccccc2)cc1NC(=O)c1ccc(Cl)cc1. The number of sulfonamides is 1. The molecule has 0 aromatic heterocycles. The first-order valence-corrected chi connectivity index (χ1v) is 13.7. The molecule has 2 N–H and O–H groups in total. The summed E-state index contributed by atoms with van der Waals surface area (Å²) in [4.78, 5) is 14.5. The Bertz CT molecular complexity index is 1460. The standard InChI is InChI=1S/C27H23ClN2O4S2/c1-2-34-25-17-16-22(18-24(25)29-27(31)19-12-14-20(28)15-13-19)36(32,33)30-23-10-6-7-11-26(23)35-21-8-4-3-5-9-21/h3-18,30H,2H2,1H3,(H,29,31). The Hall–Kier alpha value is -3.46. The molecule has 4 aromatic rings. The highest BCUT2D eigenvalue weighted by atomic mass is 35.5. The largest absolute Gasteiger partial charge is 0.492 e. The monoisotopic (exact) mass is 538 g/mol. The fraction of sp³-hybridized carbons (Fsp3) is 0.0741. The first-order chi connectivity index (χ1) is 17.4. The van der Waals surface area contributed by atoms with Gasteiger partial charge in [-0.2, -0.15) is 0 Å². The number of rotatable bonds is 9. The summed E-state index contributed by atoms with van der Waals surface area (Å²) >= 11 is 7.37. The highest BCUT2D eigenvalue weighted by Crippen LogP contribution is 2.35. The van der Waals surface area contributed by atoms with Gasteiger partial charge in [0.2, 0.25) is 0 Å². The van der Waals surface area contributed by atoms with E-state index >= 15 is 0 Å². The molecule has 36 heavy (non-hydrogen) atoms. The van der Waals surface area contributed by atoms with Crippen molar-refractivity contribution in [2.45, 2.75) is 21.6 Å². The second-order valence-electron chi connectivity index (χ2n) is 7.57. The maximum Gasteiger partial charge on any atom is 0.262 e. The zero-order valence-corrected chi connectivity index (χ0v) is 21.7. The molecule has 0 aliphatic heterocycles. The van der Waals surface area contributed by atoms with Crippen molar-refractivity contribution in [2.24, 2.45) is 0 Å². The molecule has 9 heteroatoms. The Labute approximate surface area is 219 Å². The van der Waals surface area contributed by atoms with Crippen LogP contribution in [-0.4, -0.2) is 20.9 Å². The molecule has 1 amide bonds. The maximum absolute atomic E-state index is 13.3. The quantitative estimate of drug-likeness (QED) is 0.241. The van der Waals surface area contributed by atoms with Crippen LogP contribution in [0.2, 0.25) is 5.02 Å². The Morgan fingerprint density at radius 2 is 1.58 bits per heavy atom. The Morgan fingerprint density at radius 3 is 2.31 bits per heavy atom. The average molecular weight is 539 g/mol. The van der Waals surface area contributed by atoms with Gasteiger partial charge in [-0.15, -0.1) is 0 Å². The van der Waals surface area contributed by atoms with E-state index in [1.54, 1.807) is 43.3 Å². The van der Waals surface area contributed by atoms with Crippen molar-refractivity contribution >= 4 is 50.7 Å². The number of amides is 1. The van der Waals surface area contributed by atoms with Crippen molar-refractivity contribution < 1.29 is 17.9 Å². The molecule has 0 unspecified atom stereocenters. The number of hydrogen-bond acceptors (Lipinski definition) is 5. The van der Waals surface area contributed by atoms with Gasteiger partial charge in [-0.1, -0.05) is 53.7 Å². The number of benzene rings is 4. The van der Waals surface area contributed by atoms with Crippen LogP contribution >= 0.6 is 23.4 Å². The zero-order chi connectivity index (χ0) is 25.5. The van der Waals surface area contributed by atoms with Crippen molar-refractivity contribution in [3.8, 4) is 5.75 Å². The number of ether oxygens (including phenoxy) is 1. The highest BCUT2D eigenvalue weighted by molar-refractivity contribution is 7.99. The van der Waals surface area contributed by atoms with Gasteiger partial charge in [0.05, 0.1) is 22.9 Å². The van der Waals surface area contributed by atoms with Crippen LogP contribution in [0.5, 0.6) is 5.75 Å². The summed E-state index contributed by atoms with van der Waals surface area (Å²) in [6.07, 6.45) is 0. The molecule has 4 aromatic carbocycles. The molecule has 0 radical (unpaired) electrons. The topological polar surface area (TPSA) is 84.5 Å². The molecule has 6 nitrogen and oxygen atoms in total. The maximum atomic E-state index is 13.3. The van der Waals surface area contributed by atoms with E-state index in [2.05, 4.69) is 10.0 Å². The predicted molar refractivity (Wildman–Crippen MR) is 145 cm³/mol. The molecule has 0 spiro atoms. The highest BCUT2D eigenvalue weighted by Gasteiger charge is 2.20. The van der Waals surface area contributed by atoms with Crippen LogP contribution < -0.4 is 14.8 Å². The van der Waals surface area contributed by atoms with E-state index < -0.39 is 15.9 Å². The van der Waals surface area contributed by atoms with Crippen molar-refractivity contribution in [1.29, 1.82) is 0 Å². The third kappa shape index (κ3) is 6.40. The molecule has 184 valence electrons. The van der Waals surface area contributed by atoms with Crippen LogP contribution in [0, 0.1) is 0 Å². The second kappa shape index (κ2) is 11.5. The Kier molecular flexibility index (Phi) is 8.20. The first kappa shape index (κ1) is 25.6. The molecule has 0 saturated carbocycles. The minimum atomic E-state index is -3.98. The first-order valence-electron chi connectivity index (χ1n) is 11.0. The fourth-order valence-electron chi connectivity index (χ4n) is 3.31. The van der Waals surface area contributed by atoms with Gasteiger partial charge in [0.25, 0.3) is 15.9 Å². The van der Waals surface area contributed by atoms with Crippen molar-refractivity contribution in [3.05, 3.63) is 108 Å². The van der Waals surface area contributed by atoms with Gasteiger partial charge in [-0.25, -0.2) is 8.42 Å². The van der Waals surface area contributed by atoms with Crippen LogP contribution in [-0.2, 0) is 10.0 Å². The van der Waals surface area contributed by atoms with E-state index in [1.165, 1.54) is 30.0 Å². The summed E-state index contributed by atoms with van der Waals surface area (Å²) in [6, 6.07) is 27.6. The molecular weight excluding hydrogens is 516 g/mol. The molecule has 0 atom stereocenters. The van der Waals surface area contributed by atoms with Crippen LogP contribution in [0.25, 0.3) is 0 Å². The predicted octanol–water partition coefficient (Wildman–Crippen LogP) is 6.94. The van der Waals surface area contributed by atoms with E-state index in [0.717, 1.165) is 9.79 Å². The van der Waals surface area contributed by atoms with Gasteiger partial charge in [0.1, 0.15) is 5.75 Å². The normalized spacial score (nSPS) is 11.1. The number of nitrogens with one attached hydrogen (secondary N) is 2. The molecule has 0 bridgehead atoms. The van der Waals surface area contributed by atoms with Crippen molar-refractivity contribution in [2.75, 3.05) is 16.6 Å². The number of carbonyl (C=O) groups is 1. The Balaban J connectivity index is 1.61. The summed E-state index contributed by atoms with van der Waals surface area (Å²) < 4.78 is 35.0.